The summed E-state index contributed by atoms with van der Waals surface area (Å²) in [5.41, 5.74) is -9.17. The Hall–Kier alpha value is -2.16. The minimum Gasteiger partial charge on any atom is -0.741 e. The third-order valence-electron chi connectivity index (χ3n) is 5.39. The number of nitrogens with zero attached hydrogens (tertiary/aromatic N) is 2. The maximum Gasteiger partial charge on any atom is 0.485 e. The minimum absolute atomic E-state index is 0.337. The Morgan fingerprint density at radius 3 is 1.04 bits per heavy atom. The van der Waals surface area contributed by atoms with Gasteiger partial charge in [0.15, 0.2) is 20.2 Å². The first-order valence-electron chi connectivity index (χ1n) is 12.5. The van der Waals surface area contributed by atoms with Crippen molar-refractivity contribution in [2.24, 2.45) is 0 Å². The highest BCUT2D eigenvalue weighted by molar-refractivity contribution is 9.10. The molecule has 0 radical (unpaired) electrons. The lowest BCUT2D eigenvalue weighted by Crippen LogP contribution is -2.42. The predicted octanol–water partition coefficient (Wildman–Crippen LogP) is 5.89. The molecule has 2 rings (SSSR count). The lowest BCUT2D eigenvalue weighted by atomic mass is 10.2. The van der Waals surface area contributed by atoms with Gasteiger partial charge in [0.1, 0.15) is 12.1 Å². The third-order valence-corrected chi connectivity index (χ3v) is 7.51. The van der Waals surface area contributed by atoms with E-state index in [9.17, 15) is 26.3 Å². The fourth-order valence-electron chi connectivity index (χ4n) is 1.90. The van der Waals surface area contributed by atoms with E-state index in [1.54, 1.807) is 0 Å². The van der Waals surface area contributed by atoms with E-state index in [2.05, 4.69) is 112 Å². The topological polar surface area (TPSA) is 114 Å². The van der Waals surface area contributed by atoms with Crippen LogP contribution in [-0.2, 0) is 20.2 Å². The quantitative estimate of drug-likeness (QED) is 0.123. The third kappa shape index (κ3) is 20.9. The fourth-order valence-corrected chi connectivity index (χ4v) is 2.69. The molecule has 8 nitrogen and oxygen atoms in total. The zero-order valence-electron chi connectivity index (χ0n) is 26.0. The SMILES string of the molecule is C[C@H](C#Cc1cccc(Br)c1)[N+](C)(C)C.C[C@H](C#Cc1cccc(Br)c1)[N+](C)(C)C.O=S(=O)([O-])C(F)(F)F.O=S(=O)([O-])C(F)(F)F. The molecule has 260 valence electrons. The first-order chi connectivity index (χ1) is 20.3. The highest BCUT2D eigenvalue weighted by atomic mass is 79.9. The molecule has 0 aliphatic rings. The van der Waals surface area contributed by atoms with Crippen LogP contribution in [0.2, 0.25) is 0 Å². The van der Waals surface area contributed by atoms with E-state index in [0.717, 1.165) is 29.0 Å². The van der Waals surface area contributed by atoms with Crippen LogP contribution in [0.15, 0.2) is 57.5 Å². The highest BCUT2D eigenvalue weighted by Gasteiger charge is 2.37. The van der Waals surface area contributed by atoms with Gasteiger partial charge in [-0.05, 0) is 62.1 Å². The summed E-state index contributed by atoms with van der Waals surface area (Å²) in [5.74, 6) is 12.9. The van der Waals surface area contributed by atoms with E-state index in [-0.39, 0.29) is 0 Å². The Labute approximate surface area is 283 Å². The van der Waals surface area contributed by atoms with E-state index in [1.165, 1.54) is 0 Å². The van der Waals surface area contributed by atoms with Crippen LogP contribution in [-0.4, -0.2) is 100 Å². The van der Waals surface area contributed by atoms with Gasteiger partial charge in [0, 0.05) is 20.1 Å². The second kappa shape index (κ2) is 18.4. The molecule has 0 amide bonds. The summed E-state index contributed by atoms with van der Waals surface area (Å²) in [7, 11) is 0.738. The summed E-state index contributed by atoms with van der Waals surface area (Å²) in [6.45, 7) is 4.29. The average Bonchev–Trinajstić information content (AvgIpc) is 2.83. The molecule has 0 unspecified atom stereocenters. The van der Waals surface area contributed by atoms with Crippen molar-refractivity contribution in [3.05, 3.63) is 68.6 Å². The molecule has 0 aliphatic heterocycles. The number of benzene rings is 2. The van der Waals surface area contributed by atoms with Crippen LogP contribution in [0.5, 0.6) is 0 Å². The van der Waals surface area contributed by atoms with Crippen molar-refractivity contribution in [1.82, 2.24) is 0 Å². The zero-order chi connectivity index (χ0) is 36.9. The van der Waals surface area contributed by atoms with Gasteiger partial charge in [-0.25, -0.2) is 16.8 Å². The van der Waals surface area contributed by atoms with Crippen molar-refractivity contribution in [1.29, 1.82) is 0 Å². The van der Waals surface area contributed by atoms with Gasteiger partial charge in [-0.3, -0.25) is 0 Å². The van der Waals surface area contributed by atoms with Crippen LogP contribution in [0.3, 0.4) is 0 Å². The first-order valence-corrected chi connectivity index (χ1v) is 16.9. The van der Waals surface area contributed by atoms with Crippen molar-refractivity contribution >= 4 is 52.1 Å². The molecule has 2 atom stereocenters. The summed E-state index contributed by atoms with van der Waals surface area (Å²) in [6.07, 6.45) is 0. The van der Waals surface area contributed by atoms with E-state index >= 15 is 0 Å². The van der Waals surface area contributed by atoms with E-state index in [0.29, 0.717) is 12.1 Å². The van der Waals surface area contributed by atoms with Crippen LogP contribution in [0.1, 0.15) is 25.0 Å². The number of hydrogen-bond donors (Lipinski definition) is 0. The van der Waals surface area contributed by atoms with Gasteiger partial charge in [0.05, 0.1) is 42.3 Å². The van der Waals surface area contributed by atoms with Gasteiger partial charge >= 0.3 is 11.0 Å². The number of rotatable bonds is 2. The van der Waals surface area contributed by atoms with Crippen LogP contribution in [0.4, 0.5) is 26.3 Å². The molecule has 0 heterocycles. The fraction of sp³-hybridized carbons (Fsp3) is 0.429. The summed E-state index contributed by atoms with van der Waals surface area (Å²) >= 11 is 6.87. The molecule has 0 saturated heterocycles. The summed E-state index contributed by atoms with van der Waals surface area (Å²) in [4.78, 5) is 0. The minimum atomic E-state index is -6.09. The lowest BCUT2D eigenvalue weighted by Gasteiger charge is -2.27. The monoisotopic (exact) mass is 830 g/mol. The summed E-state index contributed by atoms with van der Waals surface area (Å²) in [6, 6.07) is 16.8. The largest absolute Gasteiger partial charge is 0.741 e. The highest BCUT2D eigenvalue weighted by Crippen LogP contribution is 2.21. The lowest BCUT2D eigenvalue weighted by molar-refractivity contribution is -0.885. The van der Waals surface area contributed by atoms with E-state index in [1.807, 2.05) is 48.5 Å². The number of quaternary nitrogens is 2. The van der Waals surface area contributed by atoms with Gasteiger partial charge in [0.25, 0.3) is 0 Å². The second-order valence-corrected chi connectivity index (χ2v) is 15.5. The molecule has 18 heteroatoms. The molecule has 0 spiro atoms. The number of alkyl halides is 6. The number of hydrogen-bond acceptors (Lipinski definition) is 6. The van der Waals surface area contributed by atoms with Crippen LogP contribution in [0.25, 0.3) is 0 Å². The maximum atomic E-state index is 10.7. The smallest absolute Gasteiger partial charge is 0.485 e. The molecule has 0 saturated carbocycles. The molecule has 0 N–H and O–H groups in total. The van der Waals surface area contributed by atoms with Crippen molar-refractivity contribution in [2.75, 3.05) is 42.3 Å². The van der Waals surface area contributed by atoms with E-state index < -0.39 is 31.3 Å². The molecule has 0 bridgehead atoms. The Kier molecular flexibility index (Phi) is 18.4. The molecule has 0 fully saturated rings. The Balaban J connectivity index is 0. The second-order valence-electron chi connectivity index (χ2n) is 10.9. The van der Waals surface area contributed by atoms with Gasteiger partial charge in [-0.2, -0.15) is 26.3 Å². The van der Waals surface area contributed by atoms with Crippen LogP contribution >= 0.6 is 31.9 Å². The van der Waals surface area contributed by atoms with Crippen molar-refractivity contribution in [3.8, 4) is 23.7 Å². The van der Waals surface area contributed by atoms with Gasteiger partial charge < -0.3 is 18.1 Å². The van der Waals surface area contributed by atoms with Gasteiger partial charge in [-0.15, -0.1) is 0 Å². The maximum absolute atomic E-state index is 10.7. The normalized spacial score (nSPS) is 13.3. The summed E-state index contributed by atoms with van der Waals surface area (Å²) in [5, 5.41) is 0. The molecule has 2 aromatic rings. The molecule has 0 aliphatic carbocycles. The molecule has 2 aromatic carbocycles. The Morgan fingerprint density at radius 1 is 0.630 bits per heavy atom. The molecule has 46 heavy (non-hydrogen) atoms. The zero-order valence-corrected chi connectivity index (χ0v) is 30.8. The van der Waals surface area contributed by atoms with Crippen molar-refractivity contribution in [2.45, 2.75) is 36.9 Å². The predicted molar refractivity (Wildman–Crippen MR) is 169 cm³/mol. The Morgan fingerprint density at radius 2 is 0.870 bits per heavy atom. The van der Waals surface area contributed by atoms with Crippen LogP contribution < -0.4 is 0 Å². The van der Waals surface area contributed by atoms with Crippen LogP contribution in [0, 0.1) is 23.7 Å². The van der Waals surface area contributed by atoms with Crippen molar-refractivity contribution < 1.29 is 61.2 Å². The van der Waals surface area contributed by atoms with E-state index in [4.69, 9.17) is 25.9 Å². The van der Waals surface area contributed by atoms with Gasteiger partial charge in [0.2, 0.25) is 0 Å². The summed E-state index contributed by atoms with van der Waals surface area (Å²) < 4.78 is 122. The average molecular weight is 833 g/mol. The molecular weight excluding hydrogens is 798 g/mol. The standard InChI is InChI=1S/2C13H17BrN.2CHF3O3S/c2*1-11(15(2,3)4)8-9-12-6-5-7-13(14)10-12;2*2-1(3,4)8(5,6)7/h2*5-7,10-11H,1-4H3;2*(H,5,6,7)/q2*+1;;/p-2/t2*11-;;/m11../s1. The number of halogens is 8. The van der Waals surface area contributed by atoms with Gasteiger partial charge in [-0.1, -0.05) is 55.8 Å². The molecular formula is C28H34Br2F6N2O6S2. The Bertz CT molecular complexity index is 1490. The molecule has 0 aromatic heterocycles. The van der Waals surface area contributed by atoms with Crippen molar-refractivity contribution in [3.63, 3.8) is 0 Å². The first kappa shape index (κ1) is 46.0.